The summed E-state index contributed by atoms with van der Waals surface area (Å²) in [7, 11) is 0. The number of hydrogen-bond acceptors (Lipinski definition) is 6. The molecule has 2 aromatic carbocycles. The number of nitrogens with zero attached hydrogens (tertiary/aromatic N) is 5. The molecule has 0 aliphatic carbocycles. The van der Waals surface area contributed by atoms with Crippen molar-refractivity contribution in [3.63, 3.8) is 0 Å². The molecule has 2 N–H and O–H groups in total. The molecule has 0 amide bonds. The number of halogens is 1. The lowest BCUT2D eigenvalue weighted by Gasteiger charge is -2.09. The fourth-order valence-corrected chi connectivity index (χ4v) is 3.64. The van der Waals surface area contributed by atoms with Crippen LogP contribution in [0.3, 0.4) is 0 Å². The molecule has 33 heavy (non-hydrogen) atoms. The van der Waals surface area contributed by atoms with Crippen LogP contribution >= 0.6 is 0 Å². The zero-order valence-corrected chi connectivity index (χ0v) is 17.4. The van der Waals surface area contributed by atoms with E-state index in [-0.39, 0.29) is 18.7 Å². The molecule has 3 aromatic heterocycles. The number of rotatable bonds is 7. The highest BCUT2D eigenvalue weighted by Gasteiger charge is 2.12. The molecular weight excluding hydrogens is 423 g/mol. The third-order valence-electron chi connectivity index (χ3n) is 5.28. The molecule has 0 atom stereocenters. The average molecular weight is 442 g/mol. The van der Waals surface area contributed by atoms with Gasteiger partial charge in [-0.15, -0.1) is 5.10 Å². The maximum Gasteiger partial charge on any atom is 0.305 e. The second-order valence-electron chi connectivity index (χ2n) is 7.58. The lowest BCUT2D eigenvalue weighted by Crippen LogP contribution is -2.08. The standard InChI is InChI=1S/C24H19FN6O2/c25-18-13-17(4-6-21(18)27-11-9-23(32)33)20-7-8-22-24(28-20)31(30-29-22)14-15-3-5-19-16(12-15)2-1-10-26-19/h1-8,10,12-13,27H,9,11,14H2,(H,32,33). The number of benzene rings is 2. The van der Waals surface area contributed by atoms with E-state index in [0.717, 1.165) is 16.5 Å². The fraction of sp³-hybridized carbons (Fsp3) is 0.125. The molecule has 5 rings (SSSR count). The molecule has 164 valence electrons. The van der Waals surface area contributed by atoms with Crippen LogP contribution in [0.25, 0.3) is 33.3 Å². The van der Waals surface area contributed by atoms with Gasteiger partial charge in [0.2, 0.25) is 0 Å². The molecule has 0 bridgehead atoms. The van der Waals surface area contributed by atoms with Crippen molar-refractivity contribution in [2.24, 2.45) is 0 Å². The second-order valence-corrected chi connectivity index (χ2v) is 7.58. The molecule has 3 heterocycles. The summed E-state index contributed by atoms with van der Waals surface area (Å²) >= 11 is 0. The van der Waals surface area contributed by atoms with Crippen LogP contribution in [-0.2, 0) is 11.3 Å². The predicted octanol–water partition coefficient (Wildman–Crippen LogP) is 4.12. The van der Waals surface area contributed by atoms with Crippen molar-refractivity contribution in [1.82, 2.24) is 25.0 Å². The van der Waals surface area contributed by atoms with Crippen LogP contribution in [0.15, 0.2) is 66.9 Å². The average Bonchev–Trinajstić information content (AvgIpc) is 3.21. The van der Waals surface area contributed by atoms with Gasteiger partial charge in [0, 0.05) is 23.7 Å². The normalized spacial score (nSPS) is 11.2. The SMILES string of the molecule is O=C(O)CCNc1ccc(-c2ccc3nnn(Cc4ccc5ncccc5c4)c3n2)cc1F. The van der Waals surface area contributed by atoms with Crippen LogP contribution in [0, 0.1) is 5.82 Å². The smallest absolute Gasteiger partial charge is 0.305 e. The Balaban J connectivity index is 1.42. The van der Waals surface area contributed by atoms with Gasteiger partial charge in [-0.25, -0.2) is 14.1 Å². The minimum Gasteiger partial charge on any atom is -0.481 e. The molecule has 0 saturated heterocycles. The van der Waals surface area contributed by atoms with Gasteiger partial charge in [-0.05, 0) is 48.0 Å². The Bertz CT molecular complexity index is 1480. The Labute approximate surface area is 187 Å². The molecule has 8 nitrogen and oxygen atoms in total. The predicted molar refractivity (Wildman–Crippen MR) is 122 cm³/mol. The monoisotopic (exact) mass is 442 g/mol. The lowest BCUT2D eigenvalue weighted by molar-refractivity contribution is -0.136. The molecule has 0 aliphatic rings. The zero-order chi connectivity index (χ0) is 22.8. The molecule has 0 saturated carbocycles. The van der Waals surface area contributed by atoms with E-state index in [1.807, 2.05) is 30.3 Å². The van der Waals surface area contributed by atoms with E-state index in [1.165, 1.54) is 6.07 Å². The molecule has 0 fully saturated rings. The third-order valence-corrected chi connectivity index (χ3v) is 5.28. The number of aliphatic carboxylic acids is 1. The first-order valence-electron chi connectivity index (χ1n) is 10.4. The summed E-state index contributed by atoms with van der Waals surface area (Å²) in [5.41, 5.74) is 4.65. The Hall–Kier alpha value is -4.40. The van der Waals surface area contributed by atoms with Gasteiger partial charge in [0.1, 0.15) is 11.3 Å². The van der Waals surface area contributed by atoms with Crippen LogP contribution in [0.1, 0.15) is 12.0 Å². The van der Waals surface area contributed by atoms with Crippen LogP contribution in [0.4, 0.5) is 10.1 Å². The van der Waals surface area contributed by atoms with Gasteiger partial charge in [-0.2, -0.15) is 0 Å². The number of aromatic nitrogens is 5. The van der Waals surface area contributed by atoms with Crippen LogP contribution < -0.4 is 5.32 Å². The molecule has 5 aromatic rings. The van der Waals surface area contributed by atoms with Gasteiger partial charge in [0.25, 0.3) is 0 Å². The number of carboxylic acid groups (broad SMARTS) is 1. The summed E-state index contributed by atoms with van der Waals surface area (Å²) in [6, 6.07) is 18.2. The van der Waals surface area contributed by atoms with Crippen molar-refractivity contribution < 1.29 is 14.3 Å². The summed E-state index contributed by atoms with van der Waals surface area (Å²) in [5, 5.41) is 21.0. The number of anilines is 1. The number of nitrogens with one attached hydrogen (secondary N) is 1. The Morgan fingerprint density at radius 1 is 1.06 bits per heavy atom. The van der Waals surface area contributed by atoms with E-state index >= 15 is 0 Å². The van der Waals surface area contributed by atoms with Crippen molar-refractivity contribution in [3.05, 3.63) is 78.2 Å². The van der Waals surface area contributed by atoms with E-state index in [9.17, 15) is 9.18 Å². The maximum absolute atomic E-state index is 14.5. The van der Waals surface area contributed by atoms with E-state index in [0.29, 0.717) is 29.0 Å². The van der Waals surface area contributed by atoms with E-state index < -0.39 is 11.8 Å². The first-order valence-corrected chi connectivity index (χ1v) is 10.4. The lowest BCUT2D eigenvalue weighted by atomic mass is 10.1. The minimum atomic E-state index is -0.942. The summed E-state index contributed by atoms with van der Waals surface area (Å²) in [4.78, 5) is 19.7. The van der Waals surface area contributed by atoms with Crippen molar-refractivity contribution in [2.75, 3.05) is 11.9 Å². The van der Waals surface area contributed by atoms with Crippen molar-refractivity contribution in [2.45, 2.75) is 13.0 Å². The van der Waals surface area contributed by atoms with Gasteiger partial charge in [0.15, 0.2) is 5.65 Å². The Kier molecular flexibility index (Phi) is 5.35. The first-order chi connectivity index (χ1) is 16.1. The number of pyridine rings is 2. The summed E-state index contributed by atoms with van der Waals surface area (Å²) in [6.45, 7) is 0.629. The van der Waals surface area contributed by atoms with Crippen LogP contribution in [0.2, 0.25) is 0 Å². The number of hydrogen-bond donors (Lipinski definition) is 2. The minimum absolute atomic E-state index is 0.0931. The molecule has 0 radical (unpaired) electrons. The van der Waals surface area contributed by atoms with Gasteiger partial charge < -0.3 is 10.4 Å². The van der Waals surface area contributed by atoms with Crippen molar-refractivity contribution >= 4 is 33.7 Å². The zero-order valence-electron chi connectivity index (χ0n) is 17.4. The van der Waals surface area contributed by atoms with E-state index in [2.05, 4.69) is 31.7 Å². The molecular formula is C24H19FN6O2. The topological polar surface area (TPSA) is 106 Å². The molecule has 0 spiro atoms. The third kappa shape index (κ3) is 4.33. The van der Waals surface area contributed by atoms with Crippen LogP contribution in [0.5, 0.6) is 0 Å². The fourth-order valence-electron chi connectivity index (χ4n) is 3.64. The highest BCUT2D eigenvalue weighted by molar-refractivity contribution is 5.79. The number of carboxylic acids is 1. The highest BCUT2D eigenvalue weighted by Crippen LogP contribution is 2.25. The number of fused-ring (bicyclic) bond motifs is 2. The molecule has 0 aliphatic heterocycles. The first kappa shape index (κ1) is 20.5. The van der Waals surface area contributed by atoms with Crippen molar-refractivity contribution in [3.8, 4) is 11.3 Å². The Morgan fingerprint density at radius 3 is 2.79 bits per heavy atom. The van der Waals surface area contributed by atoms with Crippen LogP contribution in [-0.4, -0.2) is 42.6 Å². The van der Waals surface area contributed by atoms with Gasteiger partial charge in [-0.3, -0.25) is 9.78 Å². The largest absolute Gasteiger partial charge is 0.481 e. The Morgan fingerprint density at radius 2 is 1.94 bits per heavy atom. The number of carbonyl (C=O) groups is 1. The summed E-state index contributed by atoms with van der Waals surface area (Å²) in [6.07, 6.45) is 1.67. The molecule has 9 heteroatoms. The van der Waals surface area contributed by atoms with Gasteiger partial charge >= 0.3 is 5.97 Å². The maximum atomic E-state index is 14.5. The molecule has 0 unspecified atom stereocenters. The van der Waals surface area contributed by atoms with Gasteiger partial charge in [0.05, 0.1) is 29.9 Å². The van der Waals surface area contributed by atoms with E-state index in [4.69, 9.17) is 5.11 Å². The summed E-state index contributed by atoms with van der Waals surface area (Å²) in [5.74, 6) is -1.42. The second kappa shape index (κ2) is 8.62. The highest BCUT2D eigenvalue weighted by atomic mass is 19.1. The van der Waals surface area contributed by atoms with Gasteiger partial charge in [-0.1, -0.05) is 23.4 Å². The summed E-state index contributed by atoms with van der Waals surface area (Å²) < 4.78 is 16.3. The van der Waals surface area contributed by atoms with Crippen molar-refractivity contribution in [1.29, 1.82) is 0 Å². The quantitative estimate of drug-likeness (QED) is 0.391. The van der Waals surface area contributed by atoms with E-state index in [1.54, 1.807) is 29.1 Å².